The lowest BCUT2D eigenvalue weighted by Crippen LogP contribution is -2.34. The number of hydrogen-bond acceptors (Lipinski definition) is 5. The fraction of sp³-hybridized carbons (Fsp3) is 0.250. The van der Waals surface area contributed by atoms with E-state index in [4.69, 9.17) is 9.72 Å². The van der Waals surface area contributed by atoms with Gasteiger partial charge in [-0.1, -0.05) is 42.5 Å². The zero-order valence-electron chi connectivity index (χ0n) is 19.8. The maximum Gasteiger partial charge on any atom is 0.238 e. The second kappa shape index (κ2) is 9.88. The Bertz CT molecular complexity index is 1320. The first-order chi connectivity index (χ1) is 17.1. The minimum atomic E-state index is -0.466. The summed E-state index contributed by atoms with van der Waals surface area (Å²) in [7, 11) is 0. The molecule has 5 rings (SSSR count). The zero-order chi connectivity index (χ0) is 24.4. The SMILES string of the molecule is CCOc1ccc(N2C[C@@H](C(=O)N(c3ccc(CC)cc3)c3nc4ccccc4s3)CC2=O)cc1. The van der Waals surface area contributed by atoms with Crippen molar-refractivity contribution in [2.24, 2.45) is 5.92 Å². The van der Waals surface area contributed by atoms with Crippen LogP contribution in [-0.4, -0.2) is 29.9 Å². The summed E-state index contributed by atoms with van der Waals surface area (Å²) in [6.45, 7) is 4.95. The minimum absolute atomic E-state index is 0.0573. The number of nitrogens with zero attached hydrogens (tertiary/aromatic N) is 3. The average Bonchev–Trinajstić information content (AvgIpc) is 3.49. The molecule has 2 heterocycles. The number of ether oxygens (including phenoxy) is 1. The number of aromatic nitrogens is 1. The Morgan fingerprint density at radius 2 is 1.80 bits per heavy atom. The Hall–Kier alpha value is -3.71. The molecule has 35 heavy (non-hydrogen) atoms. The highest BCUT2D eigenvalue weighted by molar-refractivity contribution is 7.22. The number of para-hydroxylation sites is 1. The van der Waals surface area contributed by atoms with Crippen molar-refractivity contribution < 1.29 is 14.3 Å². The second-order valence-corrected chi connectivity index (χ2v) is 9.50. The van der Waals surface area contributed by atoms with Gasteiger partial charge in [-0.15, -0.1) is 0 Å². The van der Waals surface area contributed by atoms with Crippen LogP contribution in [0.2, 0.25) is 0 Å². The van der Waals surface area contributed by atoms with E-state index in [0.717, 1.165) is 33.8 Å². The largest absolute Gasteiger partial charge is 0.494 e. The Kier molecular flexibility index (Phi) is 6.51. The Balaban J connectivity index is 1.45. The molecule has 4 aromatic rings. The quantitative estimate of drug-likeness (QED) is 0.323. The Labute approximate surface area is 208 Å². The molecule has 0 N–H and O–H groups in total. The first-order valence-corrected chi connectivity index (χ1v) is 12.7. The summed E-state index contributed by atoms with van der Waals surface area (Å²) >= 11 is 1.48. The smallest absolute Gasteiger partial charge is 0.238 e. The number of hydrogen-bond donors (Lipinski definition) is 0. The van der Waals surface area contributed by atoms with Crippen molar-refractivity contribution in [1.29, 1.82) is 0 Å². The highest BCUT2D eigenvalue weighted by Crippen LogP contribution is 2.37. The second-order valence-electron chi connectivity index (χ2n) is 8.49. The molecular formula is C28H27N3O3S. The van der Waals surface area contributed by atoms with Gasteiger partial charge in [0.05, 0.1) is 28.4 Å². The van der Waals surface area contributed by atoms with Crippen molar-refractivity contribution in [3.05, 3.63) is 78.4 Å². The molecular weight excluding hydrogens is 458 g/mol. The van der Waals surface area contributed by atoms with Gasteiger partial charge in [0.2, 0.25) is 11.8 Å². The van der Waals surface area contributed by atoms with Crippen LogP contribution in [0.25, 0.3) is 10.2 Å². The number of rotatable bonds is 7. The van der Waals surface area contributed by atoms with E-state index in [2.05, 4.69) is 6.92 Å². The van der Waals surface area contributed by atoms with E-state index in [-0.39, 0.29) is 18.2 Å². The topological polar surface area (TPSA) is 62.7 Å². The number of carbonyl (C=O) groups excluding carboxylic acids is 2. The van der Waals surface area contributed by atoms with Crippen molar-refractivity contribution in [2.45, 2.75) is 26.7 Å². The molecule has 1 atom stereocenters. The van der Waals surface area contributed by atoms with Crippen LogP contribution in [0.3, 0.4) is 0 Å². The lowest BCUT2D eigenvalue weighted by molar-refractivity contribution is -0.123. The van der Waals surface area contributed by atoms with Gasteiger partial charge in [-0.2, -0.15) is 0 Å². The number of carbonyl (C=O) groups is 2. The molecule has 0 unspecified atom stereocenters. The predicted molar refractivity (Wildman–Crippen MR) is 141 cm³/mol. The van der Waals surface area contributed by atoms with E-state index >= 15 is 0 Å². The molecule has 3 aromatic carbocycles. The van der Waals surface area contributed by atoms with Crippen molar-refractivity contribution in [3.8, 4) is 5.75 Å². The first-order valence-electron chi connectivity index (χ1n) is 11.9. The van der Waals surface area contributed by atoms with Gasteiger partial charge in [-0.05, 0) is 67.4 Å². The summed E-state index contributed by atoms with van der Waals surface area (Å²) in [5, 5.41) is 0.618. The maximum absolute atomic E-state index is 13.9. The monoisotopic (exact) mass is 485 g/mol. The molecule has 0 radical (unpaired) electrons. The zero-order valence-corrected chi connectivity index (χ0v) is 20.6. The molecule has 178 valence electrons. The molecule has 2 amide bonds. The normalized spacial score (nSPS) is 15.5. The first kappa shape index (κ1) is 23.1. The van der Waals surface area contributed by atoms with Crippen LogP contribution in [0.1, 0.15) is 25.8 Å². The van der Waals surface area contributed by atoms with Crippen molar-refractivity contribution in [1.82, 2.24) is 4.98 Å². The van der Waals surface area contributed by atoms with Gasteiger partial charge >= 0.3 is 0 Å². The third-order valence-corrected chi connectivity index (χ3v) is 7.25. The van der Waals surface area contributed by atoms with Crippen LogP contribution < -0.4 is 14.5 Å². The predicted octanol–water partition coefficient (Wildman–Crippen LogP) is 5.98. The summed E-state index contributed by atoms with van der Waals surface area (Å²) in [5.41, 5.74) is 3.59. The molecule has 7 heteroatoms. The molecule has 6 nitrogen and oxygen atoms in total. The summed E-state index contributed by atoms with van der Waals surface area (Å²) in [6.07, 6.45) is 1.09. The van der Waals surface area contributed by atoms with E-state index < -0.39 is 5.92 Å². The van der Waals surface area contributed by atoms with E-state index in [9.17, 15) is 9.59 Å². The molecule has 1 aliphatic heterocycles. The van der Waals surface area contributed by atoms with Gasteiger partial charge in [-0.25, -0.2) is 4.98 Å². The van der Waals surface area contributed by atoms with Crippen LogP contribution in [0.4, 0.5) is 16.5 Å². The van der Waals surface area contributed by atoms with Crippen molar-refractivity contribution >= 4 is 49.9 Å². The van der Waals surface area contributed by atoms with Crippen LogP contribution in [-0.2, 0) is 16.0 Å². The van der Waals surface area contributed by atoms with E-state index in [0.29, 0.717) is 18.3 Å². The average molecular weight is 486 g/mol. The van der Waals surface area contributed by atoms with Gasteiger partial charge in [0, 0.05) is 18.7 Å². The summed E-state index contributed by atoms with van der Waals surface area (Å²) < 4.78 is 6.53. The summed E-state index contributed by atoms with van der Waals surface area (Å²) in [4.78, 5) is 35.0. The Morgan fingerprint density at radius 1 is 1.06 bits per heavy atom. The number of fused-ring (bicyclic) bond motifs is 1. The van der Waals surface area contributed by atoms with Crippen LogP contribution >= 0.6 is 11.3 Å². The molecule has 1 fully saturated rings. The minimum Gasteiger partial charge on any atom is -0.494 e. The molecule has 0 aliphatic carbocycles. The van der Waals surface area contributed by atoms with Crippen LogP contribution in [0.5, 0.6) is 5.75 Å². The number of thiazole rings is 1. The maximum atomic E-state index is 13.9. The number of amides is 2. The van der Waals surface area contributed by atoms with E-state index in [1.807, 2.05) is 79.7 Å². The lowest BCUT2D eigenvalue weighted by atomic mass is 10.1. The molecule has 1 saturated heterocycles. The van der Waals surface area contributed by atoms with Crippen molar-refractivity contribution in [3.63, 3.8) is 0 Å². The summed E-state index contributed by atoms with van der Waals surface area (Å²) in [6, 6.07) is 23.3. The molecule has 0 spiro atoms. The highest BCUT2D eigenvalue weighted by Gasteiger charge is 2.39. The molecule has 1 aliphatic rings. The van der Waals surface area contributed by atoms with Gasteiger partial charge in [0.25, 0.3) is 0 Å². The van der Waals surface area contributed by atoms with Crippen LogP contribution in [0.15, 0.2) is 72.8 Å². The van der Waals surface area contributed by atoms with Gasteiger partial charge in [0.15, 0.2) is 5.13 Å². The fourth-order valence-corrected chi connectivity index (χ4v) is 5.35. The number of anilines is 3. The summed E-state index contributed by atoms with van der Waals surface area (Å²) in [5.74, 6) is 0.119. The third kappa shape index (κ3) is 4.64. The van der Waals surface area contributed by atoms with Crippen LogP contribution in [0, 0.1) is 5.92 Å². The third-order valence-electron chi connectivity index (χ3n) is 6.23. The van der Waals surface area contributed by atoms with Crippen molar-refractivity contribution in [2.75, 3.05) is 23.0 Å². The fourth-order valence-electron chi connectivity index (χ4n) is 4.36. The lowest BCUT2D eigenvalue weighted by Gasteiger charge is -2.24. The number of benzene rings is 3. The van der Waals surface area contributed by atoms with E-state index in [1.165, 1.54) is 16.9 Å². The van der Waals surface area contributed by atoms with Gasteiger partial charge in [-0.3, -0.25) is 14.5 Å². The highest BCUT2D eigenvalue weighted by atomic mass is 32.1. The standard InChI is InChI=1S/C28H27N3O3S/c1-3-19-9-11-22(12-10-19)31(28-29-24-7-5-6-8-25(24)35-28)27(33)20-17-26(32)30(18-20)21-13-15-23(16-14-21)34-4-2/h5-16,20H,3-4,17-18H2,1-2H3/t20-/m0/s1. The van der Waals surface area contributed by atoms with Gasteiger partial charge in [0.1, 0.15) is 5.75 Å². The molecule has 0 saturated carbocycles. The Morgan fingerprint density at radius 3 is 2.49 bits per heavy atom. The number of aryl methyl sites for hydroxylation is 1. The van der Waals surface area contributed by atoms with E-state index in [1.54, 1.807) is 9.80 Å². The van der Waals surface area contributed by atoms with Gasteiger partial charge < -0.3 is 9.64 Å². The molecule has 1 aromatic heterocycles. The molecule has 0 bridgehead atoms.